The minimum atomic E-state index is -1.61. The summed E-state index contributed by atoms with van der Waals surface area (Å²) in [6.07, 6.45) is -2.63. The zero-order chi connectivity index (χ0) is 27.3. The Morgan fingerprint density at radius 2 is 1.86 bits per heavy atom. The van der Waals surface area contributed by atoms with Gasteiger partial charge in [0.2, 0.25) is 5.79 Å². The molecule has 2 N–H and O–H groups in total. The average molecular weight is 518 g/mol. The summed E-state index contributed by atoms with van der Waals surface area (Å²) in [5, 5.41) is 13.8. The van der Waals surface area contributed by atoms with Crippen LogP contribution in [0.25, 0.3) is 0 Å². The molecule has 0 spiro atoms. The highest BCUT2D eigenvalue weighted by Gasteiger charge is 2.52. The number of amides is 1. The Bertz CT molecular complexity index is 732. The molecule has 1 amide bonds. The van der Waals surface area contributed by atoms with E-state index < -0.39 is 30.1 Å². The summed E-state index contributed by atoms with van der Waals surface area (Å²) < 4.78 is 40.4. The molecule has 0 bridgehead atoms. The largest absolute Gasteiger partial charge is 0.382 e. The monoisotopic (exact) mass is 517 g/mol. The van der Waals surface area contributed by atoms with Gasteiger partial charge in [-0.05, 0) is 6.92 Å². The molecule has 2 rings (SSSR count). The third kappa shape index (κ3) is 6.66. The van der Waals surface area contributed by atoms with Crippen molar-refractivity contribution in [3.8, 4) is 0 Å². The van der Waals surface area contributed by atoms with Gasteiger partial charge in [-0.3, -0.25) is 4.79 Å². The molecule has 2 fully saturated rings. The maximum Gasteiger partial charge on any atom is 0.256 e. The smallest absolute Gasteiger partial charge is 0.256 e. The maximum atomic E-state index is 13.2. The van der Waals surface area contributed by atoms with Crippen LogP contribution in [0.1, 0.15) is 47.0 Å². The van der Waals surface area contributed by atoms with Crippen molar-refractivity contribution in [2.45, 2.75) is 95.6 Å². The third-order valence-electron chi connectivity index (χ3n) is 7.99. The molecule has 0 aromatic rings. The fourth-order valence-corrected chi connectivity index (χ4v) is 5.16. The number of carbonyl (C=O) groups excluding carboxylic acids is 1. The predicted octanol–water partition coefficient (Wildman–Crippen LogP) is 2.03. The Morgan fingerprint density at radius 3 is 2.36 bits per heavy atom. The van der Waals surface area contributed by atoms with E-state index in [0.717, 1.165) is 5.57 Å². The molecule has 0 aromatic heterocycles. The molecule has 0 saturated carbocycles. The van der Waals surface area contributed by atoms with Gasteiger partial charge in [0.15, 0.2) is 12.3 Å². The number of ether oxygens (including phenoxy) is 7. The number of nitrogens with one attached hydrogen (secondary N) is 1. The van der Waals surface area contributed by atoms with E-state index in [-0.39, 0.29) is 42.2 Å². The standard InChI is InChI=1S/C26H47NO9/c1-15-13-26(34-10,36-17(3)16(15)2)22(28)23(29)27-24(33-9)19-12-20(32-8)25(4,5)21(35-19)11-18(31-7)14-30-6/h16-22,24,28H,1,11-14H2,2-10H3,(H,27,29). The van der Waals surface area contributed by atoms with Crippen molar-refractivity contribution in [2.24, 2.45) is 11.3 Å². The van der Waals surface area contributed by atoms with Gasteiger partial charge in [0, 0.05) is 66.1 Å². The Morgan fingerprint density at radius 1 is 1.19 bits per heavy atom. The molecule has 0 aromatic carbocycles. The number of methoxy groups -OCH3 is 5. The lowest BCUT2D eigenvalue weighted by atomic mass is 9.74. The van der Waals surface area contributed by atoms with Crippen LogP contribution in [-0.2, 0) is 38.0 Å². The van der Waals surface area contributed by atoms with E-state index in [9.17, 15) is 9.90 Å². The van der Waals surface area contributed by atoms with Crippen molar-refractivity contribution in [1.82, 2.24) is 5.32 Å². The van der Waals surface area contributed by atoms with Gasteiger partial charge in [-0.25, -0.2) is 0 Å². The van der Waals surface area contributed by atoms with Crippen molar-refractivity contribution < 1.29 is 43.1 Å². The molecule has 2 aliphatic rings. The summed E-state index contributed by atoms with van der Waals surface area (Å²) in [5.41, 5.74) is 0.513. The van der Waals surface area contributed by atoms with Gasteiger partial charge in [0.05, 0.1) is 31.0 Å². The highest BCUT2D eigenvalue weighted by Crippen LogP contribution is 2.42. The summed E-state index contributed by atoms with van der Waals surface area (Å²) in [7, 11) is 7.82. The highest BCUT2D eigenvalue weighted by atomic mass is 16.7. The lowest BCUT2D eigenvalue weighted by molar-refractivity contribution is -0.298. The zero-order valence-corrected chi connectivity index (χ0v) is 23.4. The van der Waals surface area contributed by atoms with E-state index >= 15 is 0 Å². The molecule has 0 aliphatic carbocycles. The number of rotatable bonds is 12. The van der Waals surface area contributed by atoms with Crippen molar-refractivity contribution in [1.29, 1.82) is 0 Å². The third-order valence-corrected chi connectivity index (χ3v) is 7.99. The lowest BCUT2D eigenvalue weighted by Crippen LogP contribution is -2.62. The van der Waals surface area contributed by atoms with Crippen LogP contribution in [0.5, 0.6) is 0 Å². The molecule has 2 aliphatic heterocycles. The number of hydrogen-bond acceptors (Lipinski definition) is 9. The van der Waals surface area contributed by atoms with Gasteiger partial charge in [-0.2, -0.15) is 0 Å². The Hall–Kier alpha value is -1.11. The summed E-state index contributed by atoms with van der Waals surface area (Å²) in [4.78, 5) is 13.2. The molecule has 2 saturated heterocycles. The molecule has 10 nitrogen and oxygen atoms in total. The SMILES string of the molecule is C=C1CC(OC)(C(O)C(=O)NC(OC)C2CC(OC)C(C)(C)C(CC(COC)OC)O2)OC(C)C1C. The van der Waals surface area contributed by atoms with Crippen LogP contribution in [0, 0.1) is 11.3 Å². The normalized spacial score (nSPS) is 35.2. The van der Waals surface area contributed by atoms with E-state index in [2.05, 4.69) is 25.7 Å². The first kappa shape index (κ1) is 31.1. The fourth-order valence-electron chi connectivity index (χ4n) is 5.16. The van der Waals surface area contributed by atoms with Crippen molar-refractivity contribution >= 4 is 5.91 Å². The summed E-state index contributed by atoms with van der Waals surface area (Å²) in [5.74, 6) is -2.15. The number of aliphatic hydroxyl groups is 1. The molecular formula is C26H47NO9. The Labute approximate surface area is 215 Å². The molecule has 36 heavy (non-hydrogen) atoms. The topological polar surface area (TPSA) is 114 Å². The van der Waals surface area contributed by atoms with E-state index in [1.807, 2.05) is 13.8 Å². The van der Waals surface area contributed by atoms with Crippen LogP contribution in [0.2, 0.25) is 0 Å². The average Bonchev–Trinajstić information content (AvgIpc) is 2.85. The summed E-state index contributed by atoms with van der Waals surface area (Å²) in [6, 6.07) is 0. The van der Waals surface area contributed by atoms with Crippen LogP contribution >= 0.6 is 0 Å². The van der Waals surface area contributed by atoms with Crippen molar-refractivity contribution in [3.05, 3.63) is 12.2 Å². The van der Waals surface area contributed by atoms with E-state index in [4.69, 9.17) is 33.2 Å². The Kier molecular flexibility index (Phi) is 11.3. The minimum absolute atomic E-state index is 0.0752. The maximum absolute atomic E-state index is 13.2. The molecule has 210 valence electrons. The molecule has 10 heteroatoms. The Balaban J connectivity index is 2.20. The second kappa shape index (κ2) is 13.1. The van der Waals surface area contributed by atoms with Crippen LogP contribution in [-0.4, -0.2) is 102 Å². The quantitative estimate of drug-likeness (QED) is 0.296. The van der Waals surface area contributed by atoms with Gasteiger partial charge >= 0.3 is 0 Å². The number of hydrogen-bond donors (Lipinski definition) is 2. The van der Waals surface area contributed by atoms with E-state index in [0.29, 0.717) is 19.4 Å². The lowest BCUT2D eigenvalue weighted by Gasteiger charge is -2.49. The number of aliphatic hydroxyl groups excluding tert-OH is 1. The summed E-state index contributed by atoms with van der Waals surface area (Å²) in [6.45, 7) is 12.5. The van der Waals surface area contributed by atoms with Crippen molar-refractivity contribution in [3.63, 3.8) is 0 Å². The molecule has 9 atom stereocenters. The minimum Gasteiger partial charge on any atom is -0.382 e. The first-order chi connectivity index (χ1) is 16.9. The first-order valence-corrected chi connectivity index (χ1v) is 12.5. The van der Waals surface area contributed by atoms with Gasteiger partial charge in [-0.1, -0.05) is 32.9 Å². The highest BCUT2D eigenvalue weighted by molar-refractivity contribution is 5.82. The van der Waals surface area contributed by atoms with Crippen molar-refractivity contribution in [2.75, 3.05) is 42.2 Å². The van der Waals surface area contributed by atoms with Crippen LogP contribution in [0.3, 0.4) is 0 Å². The molecule has 0 radical (unpaired) electrons. The zero-order valence-electron chi connectivity index (χ0n) is 23.4. The second-order valence-electron chi connectivity index (χ2n) is 10.5. The molecule has 2 heterocycles. The molecular weight excluding hydrogens is 470 g/mol. The number of carbonyl (C=O) groups is 1. The van der Waals surface area contributed by atoms with Crippen LogP contribution < -0.4 is 5.32 Å². The predicted molar refractivity (Wildman–Crippen MR) is 133 cm³/mol. The van der Waals surface area contributed by atoms with Gasteiger partial charge in [0.25, 0.3) is 5.91 Å². The van der Waals surface area contributed by atoms with Gasteiger partial charge < -0.3 is 43.6 Å². The fraction of sp³-hybridized carbons (Fsp3) is 0.885. The van der Waals surface area contributed by atoms with E-state index in [1.54, 1.807) is 21.3 Å². The summed E-state index contributed by atoms with van der Waals surface area (Å²) >= 11 is 0. The molecule has 9 unspecified atom stereocenters. The van der Waals surface area contributed by atoms with Gasteiger partial charge in [0.1, 0.15) is 6.10 Å². The first-order valence-electron chi connectivity index (χ1n) is 12.5. The second-order valence-corrected chi connectivity index (χ2v) is 10.5. The van der Waals surface area contributed by atoms with Gasteiger partial charge in [-0.15, -0.1) is 0 Å². The van der Waals surface area contributed by atoms with Crippen LogP contribution in [0.4, 0.5) is 0 Å². The van der Waals surface area contributed by atoms with E-state index in [1.165, 1.54) is 14.2 Å². The van der Waals surface area contributed by atoms with Crippen LogP contribution in [0.15, 0.2) is 12.2 Å².